The van der Waals surface area contributed by atoms with Crippen LogP contribution in [0.2, 0.25) is 5.02 Å². The van der Waals surface area contributed by atoms with Crippen molar-refractivity contribution < 1.29 is 9.84 Å². The molecule has 0 spiro atoms. The van der Waals surface area contributed by atoms with E-state index in [1.807, 2.05) is 36.4 Å². The monoisotopic (exact) mass is 548 g/mol. The van der Waals surface area contributed by atoms with E-state index in [1.165, 1.54) is 6.42 Å². The van der Waals surface area contributed by atoms with Gasteiger partial charge in [-0.1, -0.05) is 11.6 Å². The molecule has 10 nitrogen and oxygen atoms in total. The zero-order chi connectivity index (χ0) is 27.2. The van der Waals surface area contributed by atoms with Crippen molar-refractivity contribution in [2.24, 2.45) is 0 Å². The van der Waals surface area contributed by atoms with Crippen molar-refractivity contribution in [3.63, 3.8) is 0 Å². The predicted octanol–water partition coefficient (Wildman–Crippen LogP) is 5.22. The second-order valence-electron chi connectivity index (χ2n) is 9.63. The Labute approximate surface area is 232 Å². The predicted molar refractivity (Wildman–Crippen MR) is 156 cm³/mol. The summed E-state index contributed by atoms with van der Waals surface area (Å²) in [5.74, 6) is 2.18. The summed E-state index contributed by atoms with van der Waals surface area (Å²) >= 11 is 6.14. The molecule has 2 aromatic heterocycles. The number of methoxy groups -OCH3 is 1. The van der Waals surface area contributed by atoms with Crippen molar-refractivity contribution in [2.45, 2.75) is 38.8 Å². The van der Waals surface area contributed by atoms with Crippen LogP contribution in [0.3, 0.4) is 0 Å². The van der Waals surface area contributed by atoms with E-state index in [4.69, 9.17) is 26.3 Å². The van der Waals surface area contributed by atoms with Gasteiger partial charge in [0.1, 0.15) is 5.75 Å². The van der Waals surface area contributed by atoms with Crippen molar-refractivity contribution in [3.8, 4) is 5.75 Å². The van der Waals surface area contributed by atoms with Crippen molar-refractivity contribution in [1.82, 2.24) is 19.9 Å². The number of nitrogens with one attached hydrogen (secondary N) is 3. The largest absolute Gasteiger partial charge is 0.497 e. The molecule has 1 unspecified atom stereocenters. The fourth-order valence-electron chi connectivity index (χ4n) is 4.60. The lowest BCUT2D eigenvalue weighted by atomic mass is 10.1. The summed E-state index contributed by atoms with van der Waals surface area (Å²) in [6, 6.07) is 13.1. The topological polar surface area (TPSA) is 120 Å². The molecule has 11 heteroatoms. The van der Waals surface area contributed by atoms with Gasteiger partial charge in [0, 0.05) is 59.7 Å². The Kier molecular flexibility index (Phi) is 8.43. The molecule has 0 radical (unpaired) electrons. The number of nitrogens with zero attached hydrogens (tertiary/aromatic N) is 5. The molecule has 204 valence electrons. The van der Waals surface area contributed by atoms with Crippen LogP contribution in [-0.4, -0.2) is 57.8 Å². The normalized spacial score (nSPS) is 14.2. The minimum atomic E-state index is -0.0980. The van der Waals surface area contributed by atoms with E-state index < -0.39 is 0 Å². The molecule has 1 aliphatic heterocycles. The van der Waals surface area contributed by atoms with Gasteiger partial charge in [0.05, 0.1) is 19.2 Å². The minimum absolute atomic E-state index is 0.00258. The zero-order valence-electron chi connectivity index (χ0n) is 22.1. The molecule has 0 amide bonds. The Bertz CT molecular complexity index is 1410. The molecule has 1 atom stereocenters. The third-order valence-electron chi connectivity index (χ3n) is 6.58. The van der Waals surface area contributed by atoms with Crippen molar-refractivity contribution >= 4 is 51.7 Å². The van der Waals surface area contributed by atoms with Gasteiger partial charge in [-0.3, -0.25) is 4.98 Å². The van der Waals surface area contributed by atoms with E-state index in [0.717, 1.165) is 53.8 Å². The van der Waals surface area contributed by atoms with Gasteiger partial charge in [0.25, 0.3) is 0 Å². The molecule has 0 aliphatic carbocycles. The molecule has 3 heterocycles. The van der Waals surface area contributed by atoms with E-state index in [9.17, 15) is 5.11 Å². The minimum Gasteiger partial charge on any atom is -0.497 e. The fourth-order valence-corrected chi connectivity index (χ4v) is 4.77. The second-order valence-corrected chi connectivity index (χ2v) is 10.1. The maximum Gasteiger partial charge on any atom is 0.233 e. The van der Waals surface area contributed by atoms with Gasteiger partial charge in [-0.05, 0) is 68.1 Å². The summed E-state index contributed by atoms with van der Waals surface area (Å²) < 4.78 is 5.38. The summed E-state index contributed by atoms with van der Waals surface area (Å²) in [6.45, 7) is 4.42. The lowest BCUT2D eigenvalue weighted by Gasteiger charge is -2.27. The lowest BCUT2D eigenvalue weighted by Crippen LogP contribution is -2.32. The first kappa shape index (κ1) is 26.7. The van der Waals surface area contributed by atoms with E-state index in [0.29, 0.717) is 35.2 Å². The maximum atomic E-state index is 9.65. The molecule has 5 rings (SSSR count). The van der Waals surface area contributed by atoms with Gasteiger partial charge in [0.15, 0.2) is 0 Å². The van der Waals surface area contributed by atoms with Gasteiger partial charge >= 0.3 is 0 Å². The average molecular weight is 549 g/mol. The van der Waals surface area contributed by atoms with Crippen molar-refractivity contribution in [3.05, 3.63) is 59.2 Å². The first-order valence-corrected chi connectivity index (χ1v) is 13.5. The molecule has 0 saturated carbocycles. The number of aromatic nitrogens is 4. The summed E-state index contributed by atoms with van der Waals surface area (Å²) in [6.07, 6.45) is 5.20. The molecule has 39 heavy (non-hydrogen) atoms. The number of hydrogen-bond acceptors (Lipinski definition) is 10. The molecule has 4 aromatic rings. The number of aliphatic hydroxyl groups is 1. The van der Waals surface area contributed by atoms with Crippen LogP contribution >= 0.6 is 11.6 Å². The molecule has 1 saturated heterocycles. The number of fused-ring (bicyclic) bond motifs is 1. The first-order valence-electron chi connectivity index (χ1n) is 13.1. The first-order chi connectivity index (χ1) is 19.0. The number of halogens is 1. The van der Waals surface area contributed by atoms with Crippen LogP contribution in [-0.2, 0) is 6.61 Å². The number of ether oxygens (including phenoxy) is 1. The average Bonchev–Trinajstić information content (AvgIpc) is 2.96. The molecular weight excluding hydrogens is 516 g/mol. The number of aliphatic hydroxyl groups excluding tert-OH is 1. The van der Waals surface area contributed by atoms with E-state index in [2.05, 4.69) is 37.7 Å². The highest BCUT2D eigenvalue weighted by molar-refractivity contribution is 6.31. The number of anilines is 5. The number of benzene rings is 2. The van der Waals surface area contributed by atoms with Gasteiger partial charge in [-0.25, -0.2) is 0 Å². The van der Waals surface area contributed by atoms with Crippen molar-refractivity contribution in [1.29, 1.82) is 0 Å². The molecule has 2 aromatic carbocycles. The van der Waals surface area contributed by atoms with Crippen LogP contribution in [0.1, 0.15) is 31.7 Å². The van der Waals surface area contributed by atoms with Gasteiger partial charge < -0.3 is 30.7 Å². The summed E-state index contributed by atoms with van der Waals surface area (Å²) in [5.41, 5.74) is 3.27. The van der Waals surface area contributed by atoms with Gasteiger partial charge in [-0.15, -0.1) is 0 Å². The van der Waals surface area contributed by atoms with Gasteiger partial charge in [0.2, 0.25) is 17.8 Å². The quantitative estimate of drug-likeness (QED) is 0.210. The Morgan fingerprint density at radius 2 is 1.85 bits per heavy atom. The second kappa shape index (κ2) is 12.3. The maximum absolute atomic E-state index is 9.65. The Hall–Kier alpha value is -3.89. The highest BCUT2D eigenvalue weighted by atomic mass is 35.5. The fraction of sp³-hybridized carbons (Fsp3) is 0.357. The van der Waals surface area contributed by atoms with Crippen LogP contribution in [0.4, 0.5) is 29.2 Å². The Balaban J connectivity index is 1.35. The van der Waals surface area contributed by atoms with Crippen LogP contribution in [0.15, 0.2) is 48.7 Å². The van der Waals surface area contributed by atoms with E-state index in [1.54, 1.807) is 19.4 Å². The molecule has 0 bridgehead atoms. The number of hydrogen-bond donors (Lipinski definition) is 4. The van der Waals surface area contributed by atoms with E-state index in [-0.39, 0.29) is 12.6 Å². The molecular formula is C28H33ClN8O2. The highest BCUT2D eigenvalue weighted by Gasteiger charge is 2.18. The lowest BCUT2D eigenvalue weighted by molar-refractivity contribution is 0.281. The van der Waals surface area contributed by atoms with E-state index >= 15 is 0 Å². The standard InChI is InChI=1S/C28H33ClN8O2/c1-18(16-31-24-8-9-30-25-14-20(29)6-7-23(24)25)32-26-34-27(36-28(35-26)37-10-4-3-5-11-37)33-21-12-19(17-38)13-22(15-21)39-2/h6-9,12-15,18,38H,3-5,10-11,16-17H2,1-2H3,(H,30,31)(H2,32,33,34,35,36). The third-order valence-corrected chi connectivity index (χ3v) is 6.82. The Morgan fingerprint density at radius 1 is 1.03 bits per heavy atom. The molecule has 4 N–H and O–H groups in total. The zero-order valence-corrected chi connectivity index (χ0v) is 22.9. The molecule has 1 aliphatic rings. The van der Waals surface area contributed by atoms with Crippen LogP contribution < -0.4 is 25.6 Å². The number of pyridine rings is 1. The van der Waals surface area contributed by atoms with Crippen LogP contribution in [0.25, 0.3) is 10.9 Å². The van der Waals surface area contributed by atoms with Crippen molar-refractivity contribution in [2.75, 3.05) is 47.6 Å². The van der Waals surface area contributed by atoms with Gasteiger partial charge in [-0.2, -0.15) is 15.0 Å². The smallest absolute Gasteiger partial charge is 0.233 e. The third kappa shape index (κ3) is 6.76. The summed E-state index contributed by atoms with van der Waals surface area (Å²) in [7, 11) is 1.60. The summed E-state index contributed by atoms with van der Waals surface area (Å²) in [5, 5.41) is 21.5. The summed E-state index contributed by atoms with van der Waals surface area (Å²) in [4.78, 5) is 20.8. The number of rotatable bonds is 10. The number of piperidine rings is 1. The van der Waals surface area contributed by atoms with Crippen LogP contribution in [0.5, 0.6) is 5.75 Å². The highest BCUT2D eigenvalue weighted by Crippen LogP contribution is 2.26. The SMILES string of the molecule is COc1cc(CO)cc(Nc2nc(NC(C)CNc3ccnc4cc(Cl)ccc34)nc(N3CCCCC3)n2)c1. The molecule has 1 fully saturated rings. The Morgan fingerprint density at radius 3 is 2.64 bits per heavy atom. The van der Waals surface area contributed by atoms with Crippen LogP contribution in [0, 0.1) is 0 Å².